The maximum absolute atomic E-state index is 14.4. The third-order valence-electron chi connectivity index (χ3n) is 5.63. The summed E-state index contributed by atoms with van der Waals surface area (Å²) in [6.07, 6.45) is 6.98. The second-order valence-electron chi connectivity index (χ2n) is 7.36. The zero-order chi connectivity index (χ0) is 19.6. The van der Waals surface area contributed by atoms with Gasteiger partial charge in [0.2, 0.25) is 0 Å². The number of aromatic nitrogens is 2. The van der Waals surface area contributed by atoms with Crippen LogP contribution in [0.2, 0.25) is 0 Å². The van der Waals surface area contributed by atoms with E-state index in [2.05, 4.69) is 15.5 Å². The van der Waals surface area contributed by atoms with Crippen molar-refractivity contribution in [3.63, 3.8) is 0 Å². The number of benzene rings is 2. The summed E-state index contributed by atoms with van der Waals surface area (Å²) in [7, 11) is 0. The number of hydrogen-bond acceptors (Lipinski definition) is 2. The van der Waals surface area contributed by atoms with E-state index < -0.39 is 17.0 Å². The molecule has 3 aromatic rings. The van der Waals surface area contributed by atoms with Crippen molar-refractivity contribution in [1.82, 2.24) is 15.5 Å². The topological polar surface area (TPSA) is 57.8 Å². The Balaban J connectivity index is 1.49. The molecule has 1 aromatic heterocycles. The van der Waals surface area contributed by atoms with Crippen LogP contribution in [0.4, 0.5) is 8.78 Å². The molecule has 4 rings (SSSR count). The summed E-state index contributed by atoms with van der Waals surface area (Å²) in [5, 5.41) is 9.64. The molecule has 2 aromatic carbocycles. The highest BCUT2D eigenvalue weighted by molar-refractivity contribution is 5.94. The minimum atomic E-state index is -0.587. The fraction of sp³-hybridized carbons (Fsp3) is 0.273. The van der Waals surface area contributed by atoms with Gasteiger partial charge in [0.15, 0.2) is 0 Å². The molecule has 0 spiro atoms. The van der Waals surface area contributed by atoms with Crippen LogP contribution in [0.3, 0.4) is 0 Å². The minimum absolute atomic E-state index is 0.201. The molecule has 0 unspecified atom stereocenters. The molecule has 6 heteroatoms. The number of hydrogen-bond donors (Lipinski definition) is 2. The van der Waals surface area contributed by atoms with E-state index in [1.807, 2.05) is 12.1 Å². The van der Waals surface area contributed by atoms with Crippen LogP contribution < -0.4 is 5.32 Å². The largest absolute Gasteiger partial charge is 0.351 e. The molecular weight excluding hydrogens is 360 g/mol. The van der Waals surface area contributed by atoms with Crippen molar-refractivity contribution in [1.29, 1.82) is 0 Å². The van der Waals surface area contributed by atoms with Gasteiger partial charge < -0.3 is 5.32 Å². The number of halogens is 2. The van der Waals surface area contributed by atoms with E-state index in [9.17, 15) is 13.6 Å². The first-order valence-electron chi connectivity index (χ1n) is 9.40. The Morgan fingerprint density at radius 2 is 1.82 bits per heavy atom. The zero-order valence-electron chi connectivity index (χ0n) is 15.3. The first-order chi connectivity index (χ1) is 13.6. The van der Waals surface area contributed by atoms with E-state index in [0.717, 1.165) is 42.9 Å². The lowest BCUT2D eigenvalue weighted by Gasteiger charge is -2.30. The minimum Gasteiger partial charge on any atom is -0.351 e. The predicted octanol–water partition coefficient (Wildman–Crippen LogP) is 4.60. The Labute approximate surface area is 162 Å². The number of amides is 1. The quantitative estimate of drug-likeness (QED) is 0.679. The van der Waals surface area contributed by atoms with Gasteiger partial charge in [-0.15, -0.1) is 0 Å². The van der Waals surface area contributed by atoms with Gasteiger partial charge in [-0.1, -0.05) is 31.0 Å². The molecule has 1 fully saturated rings. The summed E-state index contributed by atoms with van der Waals surface area (Å²) >= 11 is 0. The number of rotatable bonds is 5. The molecule has 144 valence electrons. The van der Waals surface area contributed by atoms with Gasteiger partial charge in [-0.3, -0.25) is 9.89 Å². The standard InChI is InChI=1S/C22H21F2N3O/c23-18-7-8-19(20(24)11-18)22(9-1-2-10-22)14-25-21(28)16-5-3-15(4-6-16)17-12-26-27-13-17/h3-8,11-13H,1-2,9-10,14H2,(H,25,28)(H,26,27). The summed E-state index contributed by atoms with van der Waals surface area (Å²) in [5.74, 6) is -1.33. The molecule has 1 aliphatic carbocycles. The SMILES string of the molecule is O=C(NCC1(c2ccc(F)cc2F)CCCC1)c1ccc(-c2cn[nH]c2)cc1. The van der Waals surface area contributed by atoms with Crippen molar-refractivity contribution in [3.8, 4) is 11.1 Å². The lowest BCUT2D eigenvalue weighted by molar-refractivity contribution is 0.0942. The molecule has 0 bridgehead atoms. The van der Waals surface area contributed by atoms with Crippen LogP contribution in [-0.2, 0) is 5.41 Å². The molecule has 1 saturated carbocycles. The fourth-order valence-corrected chi connectivity index (χ4v) is 4.09. The van der Waals surface area contributed by atoms with E-state index >= 15 is 0 Å². The second-order valence-corrected chi connectivity index (χ2v) is 7.36. The Hall–Kier alpha value is -3.02. The van der Waals surface area contributed by atoms with Crippen molar-refractivity contribution in [3.05, 3.63) is 77.6 Å². The van der Waals surface area contributed by atoms with E-state index in [0.29, 0.717) is 17.7 Å². The smallest absolute Gasteiger partial charge is 0.251 e. The molecule has 28 heavy (non-hydrogen) atoms. The molecule has 0 saturated heterocycles. The predicted molar refractivity (Wildman–Crippen MR) is 103 cm³/mol. The van der Waals surface area contributed by atoms with Gasteiger partial charge in [-0.2, -0.15) is 5.10 Å². The van der Waals surface area contributed by atoms with E-state index in [1.54, 1.807) is 24.5 Å². The van der Waals surface area contributed by atoms with Crippen molar-refractivity contribution >= 4 is 5.91 Å². The number of nitrogens with one attached hydrogen (secondary N) is 2. The van der Waals surface area contributed by atoms with Gasteiger partial charge in [0, 0.05) is 35.3 Å². The number of carbonyl (C=O) groups excluding carboxylic acids is 1. The molecule has 0 radical (unpaired) electrons. The van der Waals surface area contributed by atoms with Crippen LogP contribution in [0, 0.1) is 11.6 Å². The highest BCUT2D eigenvalue weighted by Crippen LogP contribution is 2.41. The fourth-order valence-electron chi connectivity index (χ4n) is 4.09. The summed E-state index contributed by atoms with van der Waals surface area (Å²) in [4.78, 5) is 12.6. The van der Waals surface area contributed by atoms with Gasteiger partial charge in [-0.25, -0.2) is 8.78 Å². The molecule has 2 N–H and O–H groups in total. The summed E-state index contributed by atoms with van der Waals surface area (Å²) in [6.45, 7) is 0.331. The maximum Gasteiger partial charge on any atom is 0.251 e. The molecule has 1 heterocycles. The highest BCUT2D eigenvalue weighted by atomic mass is 19.1. The summed E-state index contributed by atoms with van der Waals surface area (Å²) in [5.41, 5.74) is 2.46. The van der Waals surface area contributed by atoms with Gasteiger partial charge in [-0.05, 0) is 42.2 Å². The van der Waals surface area contributed by atoms with Crippen LogP contribution in [0.1, 0.15) is 41.6 Å². The van der Waals surface area contributed by atoms with Crippen LogP contribution in [0.15, 0.2) is 54.9 Å². The maximum atomic E-state index is 14.4. The Morgan fingerprint density at radius 1 is 1.07 bits per heavy atom. The number of carbonyl (C=O) groups is 1. The number of nitrogens with zero attached hydrogens (tertiary/aromatic N) is 1. The average molecular weight is 381 g/mol. The summed E-state index contributed by atoms with van der Waals surface area (Å²) in [6, 6.07) is 11.0. The number of aromatic amines is 1. The van der Waals surface area contributed by atoms with Gasteiger partial charge in [0.25, 0.3) is 5.91 Å². The third-order valence-corrected chi connectivity index (χ3v) is 5.63. The lowest BCUT2D eigenvalue weighted by Crippen LogP contribution is -2.39. The van der Waals surface area contributed by atoms with Crippen LogP contribution in [-0.4, -0.2) is 22.6 Å². The van der Waals surface area contributed by atoms with Gasteiger partial charge in [0.05, 0.1) is 6.20 Å². The Kier molecular flexibility index (Phi) is 4.94. The summed E-state index contributed by atoms with van der Waals surface area (Å²) < 4.78 is 27.7. The second kappa shape index (κ2) is 7.54. The van der Waals surface area contributed by atoms with Crippen LogP contribution in [0.5, 0.6) is 0 Å². The normalized spacial score (nSPS) is 15.5. The molecule has 4 nitrogen and oxygen atoms in total. The highest BCUT2D eigenvalue weighted by Gasteiger charge is 2.38. The van der Waals surface area contributed by atoms with E-state index in [1.165, 1.54) is 12.1 Å². The lowest BCUT2D eigenvalue weighted by atomic mass is 9.78. The zero-order valence-corrected chi connectivity index (χ0v) is 15.3. The van der Waals surface area contributed by atoms with Crippen LogP contribution >= 0.6 is 0 Å². The first kappa shape index (κ1) is 18.3. The van der Waals surface area contributed by atoms with Crippen LogP contribution in [0.25, 0.3) is 11.1 Å². The monoisotopic (exact) mass is 381 g/mol. The molecule has 0 atom stereocenters. The van der Waals surface area contributed by atoms with Crippen molar-refractivity contribution in [2.45, 2.75) is 31.1 Å². The number of H-pyrrole nitrogens is 1. The van der Waals surface area contributed by atoms with Gasteiger partial charge >= 0.3 is 0 Å². The van der Waals surface area contributed by atoms with Crippen molar-refractivity contribution in [2.75, 3.05) is 6.54 Å². The van der Waals surface area contributed by atoms with E-state index in [4.69, 9.17) is 0 Å². The van der Waals surface area contributed by atoms with Gasteiger partial charge in [0.1, 0.15) is 11.6 Å². The molecular formula is C22H21F2N3O. The first-order valence-corrected chi connectivity index (χ1v) is 9.40. The van der Waals surface area contributed by atoms with E-state index in [-0.39, 0.29) is 5.91 Å². The van der Waals surface area contributed by atoms with Crippen molar-refractivity contribution in [2.24, 2.45) is 0 Å². The molecule has 0 aliphatic heterocycles. The Morgan fingerprint density at radius 3 is 2.46 bits per heavy atom. The average Bonchev–Trinajstić information content (AvgIpc) is 3.39. The van der Waals surface area contributed by atoms with Crippen molar-refractivity contribution < 1.29 is 13.6 Å². The third kappa shape index (κ3) is 3.54. The molecule has 1 aliphatic rings. The molecule has 1 amide bonds. The Bertz CT molecular complexity index is 962.